The van der Waals surface area contributed by atoms with Crippen molar-refractivity contribution >= 4 is 17.7 Å². The number of hydrogen-bond donors (Lipinski definition) is 2. The van der Waals surface area contributed by atoms with E-state index in [0.717, 1.165) is 0 Å². The zero-order chi connectivity index (χ0) is 13.8. The minimum Gasteiger partial charge on any atom is -0.481 e. The summed E-state index contributed by atoms with van der Waals surface area (Å²) in [5.41, 5.74) is 1.04. The first kappa shape index (κ1) is 12.9. The van der Waals surface area contributed by atoms with Crippen LogP contribution >= 0.6 is 0 Å². The highest BCUT2D eigenvalue weighted by Gasteiger charge is 2.31. The molecule has 2 rings (SSSR count). The Morgan fingerprint density at radius 2 is 2.21 bits per heavy atom. The maximum Gasteiger partial charge on any atom is 0.321 e. The fraction of sp³-hybridized carbons (Fsp3) is 0.308. The summed E-state index contributed by atoms with van der Waals surface area (Å²) in [5, 5.41) is 20.1. The molecule has 0 unspecified atom stereocenters. The van der Waals surface area contributed by atoms with E-state index in [2.05, 4.69) is 5.32 Å². The van der Waals surface area contributed by atoms with Crippen LogP contribution in [0.25, 0.3) is 0 Å². The third-order valence-electron chi connectivity index (χ3n) is 2.95. The van der Waals surface area contributed by atoms with E-state index in [-0.39, 0.29) is 18.4 Å². The molecule has 1 aromatic rings. The van der Waals surface area contributed by atoms with E-state index in [4.69, 9.17) is 10.4 Å². The van der Waals surface area contributed by atoms with Crippen LogP contribution in [0.2, 0.25) is 0 Å². The Balaban J connectivity index is 1.86. The van der Waals surface area contributed by atoms with Gasteiger partial charge in [0.05, 0.1) is 18.1 Å². The minimum atomic E-state index is -0.841. The highest BCUT2D eigenvalue weighted by molar-refractivity contribution is 5.90. The number of carboxylic acid groups (broad SMARTS) is 1. The Morgan fingerprint density at radius 3 is 2.84 bits per heavy atom. The molecule has 1 aliphatic heterocycles. The van der Waals surface area contributed by atoms with Crippen LogP contribution in [0, 0.1) is 17.2 Å². The number of benzene rings is 1. The van der Waals surface area contributed by atoms with E-state index in [1.807, 2.05) is 6.07 Å². The van der Waals surface area contributed by atoms with Crippen molar-refractivity contribution in [1.82, 2.24) is 4.90 Å². The SMILES string of the molecule is N#Cc1cccc(NC(=O)N2CC(CC(=O)O)C2)c1. The van der Waals surface area contributed by atoms with Gasteiger partial charge in [-0.1, -0.05) is 6.07 Å². The van der Waals surface area contributed by atoms with E-state index < -0.39 is 5.97 Å². The first-order valence-corrected chi connectivity index (χ1v) is 5.86. The molecule has 2 N–H and O–H groups in total. The van der Waals surface area contributed by atoms with Gasteiger partial charge in [-0.15, -0.1) is 0 Å². The van der Waals surface area contributed by atoms with Crippen molar-refractivity contribution in [3.8, 4) is 6.07 Å². The van der Waals surface area contributed by atoms with Crippen LogP contribution in [0.5, 0.6) is 0 Å². The van der Waals surface area contributed by atoms with E-state index in [9.17, 15) is 9.59 Å². The highest BCUT2D eigenvalue weighted by Crippen LogP contribution is 2.20. The van der Waals surface area contributed by atoms with E-state index in [0.29, 0.717) is 24.3 Å². The molecule has 0 radical (unpaired) electrons. The molecule has 1 heterocycles. The predicted octanol–water partition coefficient (Wildman–Crippen LogP) is 1.50. The Labute approximate surface area is 110 Å². The topological polar surface area (TPSA) is 93.4 Å². The number of nitrogens with one attached hydrogen (secondary N) is 1. The lowest BCUT2D eigenvalue weighted by atomic mass is 9.97. The van der Waals surface area contributed by atoms with Gasteiger partial charge in [-0.2, -0.15) is 5.26 Å². The zero-order valence-corrected chi connectivity index (χ0v) is 10.2. The fourth-order valence-electron chi connectivity index (χ4n) is 1.98. The quantitative estimate of drug-likeness (QED) is 0.860. The first-order valence-electron chi connectivity index (χ1n) is 5.86. The molecule has 0 spiro atoms. The number of nitriles is 1. The van der Waals surface area contributed by atoms with E-state index in [1.54, 1.807) is 29.2 Å². The molecule has 6 heteroatoms. The van der Waals surface area contributed by atoms with Crippen LogP contribution in [-0.4, -0.2) is 35.1 Å². The molecule has 1 aromatic carbocycles. The normalized spacial score (nSPS) is 14.4. The molecule has 1 aliphatic rings. The highest BCUT2D eigenvalue weighted by atomic mass is 16.4. The molecular weight excluding hydrogens is 246 g/mol. The molecule has 19 heavy (non-hydrogen) atoms. The van der Waals surface area contributed by atoms with Crippen molar-refractivity contribution in [3.63, 3.8) is 0 Å². The Hall–Kier alpha value is -2.55. The fourth-order valence-corrected chi connectivity index (χ4v) is 1.98. The number of carbonyl (C=O) groups excluding carboxylic acids is 1. The van der Waals surface area contributed by atoms with Gasteiger partial charge in [0.15, 0.2) is 0 Å². The van der Waals surface area contributed by atoms with Crippen LogP contribution in [0.15, 0.2) is 24.3 Å². The summed E-state index contributed by atoms with van der Waals surface area (Å²) in [6.07, 6.45) is 0.0910. The van der Waals surface area contributed by atoms with Gasteiger partial charge in [0.1, 0.15) is 0 Å². The number of nitrogens with zero attached hydrogens (tertiary/aromatic N) is 2. The number of anilines is 1. The molecule has 1 fully saturated rings. The molecule has 6 nitrogen and oxygen atoms in total. The summed E-state index contributed by atoms with van der Waals surface area (Å²) in [6, 6.07) is 8.37. The smallest absolute Gasteiger partial charge is 0.321 e. The van der Waals surface area contributed by atoms with Crippen molar-refractivity contribution in [2.75, 3.05) is 18.4 Å². The van der Waals surface area contributed by atoms with Gasteiger partial charge in [0.25, 0.3) is 0 Å². The molecule has 0 bridgehead atoms. The van der Waals surface area contributed by atoms with Crippen molar-refractivity contribution in [2.24, 2.45) is 5.92 Å². The first-order chi connectivity index (χ1) is 9.08. The number of hydrogen-bond acceptors (Lipinski definition) is 3. The number of urea groups is 1. The summed E-state index contributed by atoms with van der Waals surface area (Å²) in [7, 11) is 0. The van der Waals surface area contributed by atoms with Crippen LogP contribution in [0.1, 0.15) is 12.0 Å². The Kier molecular flexibility index (Phi) is 3.66. The van der Waals surface area contributed by atoms with E-state index >= 15 is 0 Å². The molecule has 0 aromatic heterocycles. The predicted molar refractivity (Wildman–Crippen MR) is 67.5 cm³/mol. The summed E-state index contributed by atoms with van der Waals surface area (Å²) >= 11 is 0. The maximum absolute atomic E-state index is 11.8. The number of carbonyl (C=O) groups is 2. The Bertz CT molecular complexity index is 544. The molecule has 0 aliphatic carbocycles. The monoisotopic (exact) mass is 259 g/mol. The minimum absolute atomic E-state index is 0.0358. The lowest BCUT2D eigenvalue weighted by molar-refractivity contribution is -0.139. The second-order valence-corrected chi connectivity index (χ2v) is 4.49. The second-order valence-electron chi connectivity index (χ2n) is 4.49. The van der Waals surface area contributed by atoms with Crippen molar-refractivity contribution < 1.29 is 14.7 Å². The Morgan fingerprint density at radius 1 is 1.47 bits per heavy atom. The van der Waals surface area contributed by atoms with Gasteiger partial charge in [0.2, 0.25) is 0 Å². The van der Waals surface area contributed by atoms with Gasteiger partial charge >= 0.3 is 12.0 Å². The van der Waals surface area contributed by atoms with Gasteiger partial charge in [-0.3, -0.25) is 4.79 Å². The van der Waals surface area contributed by atoms with Crippen LogP contribution in [0.3, 0.4) is 0 Å². The van der Waals surface area contributed by atoms with Crippen molar-refractivity contribution in [2.45, 2.75) is 6.42 Å². The number of likely N-dealkylation sites (tertiary alicyclic amines) is 1. The lowest BCUT2D eigenvalue weighted by Gasteiger charge is -2.38. The second kappa shape index (κ2) is 5.40. The van der Waals surface area contributed by atoms with Gasteiger partial charge in [-0.05, 0) is 18.2 Å². The van der Waals surface area contributed by atoms with Crippen LogP contribution in [0.4, 0.5) is 10.5 Å². The summed E-state index contributed by atoms with van der Waals surface area (Å²) in [4.78, 5) is 23.8. The van der Waals surface area contributed by atoms with Gasteiger partial charge in [0, 0.05) is 24.7 Å². The standard InChI is InChI=1S/C13H13N3O3/c14-6-9-2-1-3-11(4-9)15-13(19)16-7-10(8-16)5-12(17)18/h1-4,10H,5,7-8H2,(H,15,19)(H,17,18). The van der Waals surface area contributed by atoms with Gasteiger partial charge < -0.3 is 15.3 Å². The summed E-state index contributed by atoms with van der Waals surface area (Å²) in [6.45, 7) is 0.909. The average Bonchev–Trinajstić information content (AvgIpc) is 2.33. The number of carboxylic acids is 1. The van der Waals surface area contributed by atoms with Crippen molar-refractivity contribution in [1.29, 1.82) is 5.26 Å². The third kappa shape index (κ3) is 3.22. The van der Waals surface area contributed by atoms with Gasteiger partial charge in [-0.25, -0.2) is 4.79 Å². The number of rotatable bonds is 3. The molecular formula is C13H13N3O3. The zero-order valence-electron chi connectivity index (χ0n) is 10.2. The molecule has 0 atom stereocenters. The number of aliphatic carboxylic acids is 1. The summed E-state index contributed by atoms with van der Waals surface area (Å²) in [5.74, 6) is -0.805. The van der Waals surface area contributed by atoms with Crippen LogP contribution < -0.4 is 5.32 Å². The molecule has 2 amide bonds. The molecule has 98 valence electrons. The number of amides is 2. The largest absolute Gasteiger partial charge is 0.481 e. The lowest BCUT2D eigenvalue weighted by Crippen LogP contribution is -2.52. The molecule has 1 saturated heterocycles. The molecule has 0 saturated carbocycles. The maximum atomic E-state index is 11.8. The van der Waals surface area contributed by atoms with Crippen molar-refractivity contribution in [3.05, 3.63) is 29.8 Å². The van der Waals surface area contributed by atoms with Crippen LogP contribution in [-0.2, 0) is 4.79 Å². The van der Waals surface area contributed by atoms with E-state index in [1.165, 1.54) is 0 Å². The average molecular weight is 259 g/mol. The third-order valence-corrected chi connectivity index (χ3v) is 2.95. The summed E-state index contributed by atoms with van der Waals surface area (Å²) < 4.78 is 0.